The van der Waals surface area contributed by atoms with Crippen LogP contribution < -0.4 is 5.32 Å². The van der Waals surface area contributed by atoms with Gasteiger partial charge in [0.2, 0.25) is 5.91 Å². The molecule has 0 spiro atoms. The number of nitrogens with one attached hydrogen (secondary N) is 1. The lowest BCUT2D eigenvalue weighted by atomic mass is 9.94. The molecule has 1 unspecified atom stereocenters. The predicted octanol–water partition coefficient (Wildman–Crippen LogP) is 3.25. The van der Waals surface area contributed by atoms with E-state index in [0.29, 0.717) is 12.1 Å². The van der Waals surface area contributed by atoms with Crippen LogP contribution in [0, 0.1) is 26.7 Å². The lowest BCUT2D eigenvalue weighted by Crippen LogP contribution is -2.41. The first kappa shape index (κ1) is 21.6. The van der Waals surface area contributed by atoms with E-state index in [0.717, 1.165) is 51.1 Å². The number of carbonyl (C=O) groups is 2. The van der Waals surface area contributed by atoms with Gasteiger partial charge in [-0.25, -0.2) is 0 Å². The van der Waals surface area contributed by atoms with Crippen molar-refractivity contribution in [1.82, 2.24) is 15.1 Å². The number of rotatable bonds is 5. The van der Waals surface area contributed by atoms with Gasteiger partial charge in [0.15, 0.2) is 0 Å². The van der Waals surface area contributed by atoms with E-state index < -0.39 is 0 Å². The molecule has 2 heterocycles. The minimum Gasteiger partial charge on any atom is -0.351 e. The maximum atomic E-state index is 13.1. The third kappa shape index (κ3) is 4.99. The molecule has 164 valence electrons. The molecule has 4 rings (SSSR count). The largest absolute Gasteiger partial charge is 0.351 e. The summed E-state index contributed by atoms with van der Waals surface area (Å²) in [6.07, 6.45) is 1.85. The maximum absolute atomic E-state index is 13.1. The highest BCUT2D eigenvalue weighted by molar-refractivity contribution is 5.94. The van der Waals surface area contributed by atoms with E-state index in [2.05, 4.69) is 36.2 Å². The van der Waals surface area contributed by atoms with E-state index in [1.54, 1.807) is 0 Å². The second-order valence-electron chi connectivity index (χ2n) is 9.13. The van der Waals surface area contributed by atoms with Gasteiger partial charge < -0.3 is 15.1 Å². The van der Waals surface area contributed by atoms with Crippen molar-refractivity contribution in [3.05, 3.63) is 69.8 Å². The summed E-state index contributed by atoms with van der Waals surface area (Å²) >= 11 is 0. The Morgan fingerprint density at radius 2 is 1.81 bits per heavy atom. The predicted molar refractivity (Wildman–Crippen MR) is 123 cm³/mol. The summed E-state index contributed by atoms with van der Waals surface area (Å²) in [5.41, 5.74) is 7.11. The van der Waals surface area contributed by atoms with Crippen LogP contribution >= 0.6 is 0 Å². The molecule has 0 radical (unpaired) electrons. The summed E-state index contributed by atoms with van der Waals surface area (Å²) in [7, 11) is 0. The first-order chi connectivity index (χ1) is 14.9. The standard InChI is InChI=1S/C26H33N3O2/c1-18-5-4-6-22(13-18)25(30)27-9-12-28-10-7-23(16-28)26(31)29-11-8-21-14-19(2)20(3)15-24(21)17-29/h4-6,13-15,23H,7-12,16-17H2,1-3H3,(H,27,30). The van der Waals surface area contributed by atoms with Crippen molar-refractivity contribution in [3.8, 4) is 0 Å². The molecule has 2 aliphatic heterocycles. The van der Waals surface area contributed by atoms with Crippen LogP contribution in [0.4, 0.5) is 0 Å². The number of nitrogens with zero attached hydrogens (tertiary/aromatic N) is 2. The van der Waals surface area contributed by atoms with E-state index in [4.69, 9.17) is 0 Å². The summed E-state index contributed by atoms with van der Waals surface area (Å²) in [6, 6.07) is 12.2. The van der Waals surface area contributed by atoms with E-state index in [9.17, 15) is 9.59 Å². The Bertz CT molecular complexity index is 985. The Kier molecular flexibility index (Phi) is 6.42. The zero-order valence-corrected chi connectivity index (χ0v) is 18.9. The summed E-state index contributed by atoms with van der Waals surface area (Å²) in [6.45, 7) is 10.9. The Balaban J connectivity index is 1.25. The van der Waals surface area contributed by atoms with Gasteiger partial charge >= 0.3 is 0 Å². The molecular formula is C26H33N3O2. The molecule has 1 N–H and O–H groups in total. The van der Waals surface area contributed by atoms with Crippen molar-refractivity contribution >= 4 is 11.8 Å². The van der Waals surface area contributed by atoms with Crippen LogP contribution in [0.1, 0.15) is 44.6 Å². The van der Waals surface area contributed by atoms with Crippen LogP contribution in [0.2, 0.25) is 0 Å². The van der Waals surface area contributed by atoms with Gasteiger partial charge in [-0.3, -0.25) is 9.59 Å². The van der Waals surface area contributed by atoms with Crippen molar-refractivity contribution in [1.29, 1.82) is 0 Å². The van der Waals surface area contributed by atoms with Crippen LogP contribution in [-0.4, -0.2) is 54.3 Å². The van der Waals surface area contributed by atoms with Gasteiger partial charge in [-0.1, -0.05) is 29.8 Å². The zero-order chi connectivity index (χ0) is 22.0. The topological polar surface area (TPSA) is 52.7 Å². The molecule has 0 aromatic heterocycles. The van der Waals surface area contributed by atoms with Crippen LogP contribution in [-0.2, 0) is 17.8 Å². The molecule has 0 saturated carbocycles. The molecule has 2 aromatic carbocycles. The fourth-order valence-electron chi connectivity index (χ4n) is 4.76. The Morgan fingerprint density at radius 3 is 2.58 bits per heavy atom. The molecule has 5 heteroatoms. The summed E-state index contributed by atoms with van der Waals surface area (Å²) in [4.78, 5) is 29.8. The first-order valence-corrected chi connectivity index (χ1v) is 11.4. The summed E-state index contributed by atoms with van der Waals surface area (Å²) in [5.74, 6) is 0.323. The highest BCUT2D eigenvalue weighted by Gasteiger charge is 2.32. The Morgan fingerprint density at radius 1 is 1.03 bits per heavy atom. The van der Waals surface area contributed by atoms with Gasteiger partial charge in [-0.05, 0) is 74.5 Å². The number of hydrogen-bond donors (Lipinski definition) is 1. The van der Waals surface area contributed by atoms with Crippen molar-refractivity contribution in [2.24, 2.45) is 5.92 Å². The zero-order valence-electron chi connectivity index (χ0n) is 18.9. The average Bonchev–Trinajstić information content (AvgIpc) is 3.22. The second-order valence-corrected chi connectivity index (χ2v) is 9.13. The van der Waals surface area contributed by atoms with Crippen molar-refractivity contribution in [2.45, 2.75) is 40.2 Å². The number of carbonyl (C=O) groups excluding carboxylic acids is 2. The molecule has 31 heavy (non-hydrogen) atoms. The molecule has 1 saturated heterocycles. The highest BCUT2D eigenvalue weighted by Crippen LogP contribution is 2.26. The number of likely N-dealkylation sites (tertiary alicyclic amines) is 1. The van der Waals surface area contributed by atoms with Gasteiger partial charge in [0.25, 0.3) is 5.91 Å². The fourth-order valence-corrected chi connectivity index (χ4v) is 4.76. The van der Waals surface area contributed by atoms with Gasteiger partial charge in [0.1, 0.15) is 0 Å². The van der Waals surface area contributed by atoms with E-state index in [1.165, 1.54) is 22.3 Å². The number of benzene rings is 2. The Labute approximate surface area is 185 Å². The fraction of sp³-hybridized carbons (Fsp3) is 0.462. The third-order valence-corrected chi connectivity index (χ3v) is 6.76. The molecular weight excluding hydrogens is 386 g/mol. The van der Waals surface area contributed by atoms with Crippen LogP contribution in [0.3, 0.4) is 0 Å². The lowest BCUT2D eigenvalue weighted by molar-refractivity contribution is -0.136. The van der Waals surface area contributed by atoms with Gasteiger partial charge in [0, 0.05) is 38.3 Å². The molecule has 1 fully saturated rings. The van der Waals surface area contributed by atoms with Gasteiger partial charge in [-0.2, -0.15) is 0 Å². The molecule has 2 aliphatic rings. The maximum Gasteiger partial charge on any atom is 0.251 e. The quantitative estimate of drug-likeness (QED) is 0.810. The van der Waals surface area contributed by atoms with Gasteiger partial charge in [-0.15, -0.1) is 0 Å². The highest BCUT2D eigenvalue weighted by atomic mass is 16.2. The molecule has 1 atom stereocenters. The van der Waals surface area contributed by atoms with E-state index >= 15 is 0 Å². The number of hydrogen-bond acceptors (Lipinski definition) is 3. The Hall–Kier alpha value is -2.66. The number of aryl methyl sites for hydroxylation is 3. The second kappa shape index (κ2) is 9.23. The van der Waals surface area contributed by atoms with Gasteiger partial charge in [0.05, 0.1) is 5.92 Å². The molecule has 2 aromatic rings. The van der Waals surface area contributed by atoms with Crippen molar-refractivity contribution < 1.29 is 9.59 Å². The first-order valence-electron chi connectivity index (χ1n) is 11.4. The van der Waals surface area contributed by atoms with Crippen LogP contribution in [0.5, 0.6) is 0 Å². The summed E-state index contributed by atoms with van der Waals surface area (Å²) in [5, 5.41) is 3.01. The minimum atomic E-state index is -0.0342. The molecule has 5 nitrogen and oxygen atoms in total. The normalized spacial score (nSPS) is 18.7. The number of fused-ring (bicyclic) bond motifs is 1. The average molecular weight is 420 g/mol. The van der Waals surface area contributed by atoms with Crippen LogP contribution in [0.15, 0.2) is 36.4 Å². The number of amides is 2. The monoisotopic (exact) mass is 419 g/mol. The lowest BCUT2D eigenvalue weighted by Gasteiger charge is -2.31. The van der Waals surface area contributed by atoms with Crippen molar-refractivity contribution in [2.75, 3.05) is 32.7 Å². The SMILES string of the molecule is Cc1cccc(C(=O)NCCN2CCC(C(=O)N3CCc4cc(C)c(C)cc4C3)C2)c1. The van der Waals surface area contributed by atoms with E-state index in [1.807, 2.05) is 36.1 Å². The van der Waals surface area contributed by atoms with Crippen molar-refractivity contribution in [3.63, 3.8) is 0 Å². The molecule has 2 amide bonds. The van der Waals surface area contributed by atoms with E-state index in [-0.39, 0.29) is 17.7 Å². The van der Waals surface area contributed by atoms with Crippen LogP contribution in [0.25, 0.3) is 0 Å². The molecule has 0 aliphatic carbocycles. The minimum absolute atomic E-state index is 0.0342. The summed E-state index contributed by atoms with van der Waals surface area (Å²) < 4.78 is 0. The smallest absolute Gasteiger partial charge is 0.251 e. The molecule has 0 bridgehead atoms. The third-order valence-electron chi connectivity index (χ3n) is 6.76.